The van der Waals surface area contributed by atoms with E-state index in [1.165, 1.54) is 29.7 Å². The van der Waals surface area contributed by atoms with Gasteiger partial charge in [-0.15, -0.1) is 0 Å². The summed E-state index contributed by atoms with van der Waals surface area (Å²) in [6, 6.07) is 6.33. The number of aromatic nitrogens is 1. The molecule has 0 bridgehead atoms. The smallest absolute Gasteiger partial charge is 0.328 e. The average Bonchev–Trinajstić information content (AvgIpc) is 2.55. The summed E-state index contributed by atoms with van der Waals surface area (Å²) in [6.07, 6.45) is 5.79. The maximum absolute atomic E-state index is 9.55. The quantitative estimate of drug-likeness (QED) is 0.730. The Hall–Kier alpha value is -2.89. The van der Waals surface area contributed by atoms with E-state index in [4.69, 9.17) is 20.9 Å². The van der Waals surface area contributed by atoms with E-state index in [1.54, 1.807) is 0 Å². The molecule has 0 aliphatic heterocycles. The highest BCUT2D eigenvalue weighted by molar-refractivity contribution is 5.92. The Morgan fingerprint density at radius 3 is 2.38 bits per heavy atom. The Balaban J connectivity index is 0.000000224. The van der Waals surface area contributed by atoms with Gasteiger partial charge >= 0.3 is 11.9 Å². The summed E-state index contributed by atoms with van der Waals surface area (Å²) in [7, 11) is 0. The molecule has 0 saturated carbocycles. The van der Waals surface area contributed by atoms with Crippen LogP contribution in [0.3, 0.4) is 0 Å². The van der Waals surface area contributed by atoms with Crippen LogP contribution in [0.4, 0.5) is 5.69 Å². The van der Waals surface area contributed by atoms with E-state index in [1.807, 2.05) is 0 Å². The van der Waals surface area contributed by atoms with Crippen LogP contribution in [0.15, 0.2) is 30.4 Å². The molecule has 6 nitrogen and oxygen atoms in total. The summed E-state index contributed by atoms with van der Waals surface area (Å²) in [5, 5.41) is 16.8. The Labute approximate surface area is 139 Å². The summed E-state index contributed by atoms with van der Waals surface area (Å²) in [6.45, 7) is 2.10. The summed E-state index contributed by atoms with van der Waals surface area (Å²) in [5.41, 5.74) is 12.0. The number of anilines is 1. The second kappa shape index (κ2) is 7.59. The molecule has 0 fully saturated rings. The van der Waals surface area contributed by atoms with E-state index in [0.717, 1.165) is 29.4 Å². The normalized spacial score (nSPS) is 13.2. The molecule has 0 radical (unpaired) electrons. The van der Waals surface area contributed by atoms with Crippen molar-refractivity contribution in [3.63, 3.8) is 0 Å². The second-order valence-electron chi connectivity index (χ2n) is 5.69. The van der Waals surface area contributed by atoms with Crippen molar-refractivity contribution in [1.82, 2.24) is 4.98 Å². The first-order chi connectivity index (χ1) is 11.4. The van der Waals surface area contributed by atoms with Gasteiger partial charge < -0.3 is 15.9 Å². The molecule has 1 aromatic carbocycles. The van der Waals surface area contributed by atoms with Crippen LogP contribution in [0.5, 0.6) is 0 Å². The van der Waals surface area contributed by atoms with E-state index in [0.29, 0.717) is 12.2 Å². The first kappa shape index (κ1) is 17.5. The number of benzene rings is 1. The van der Waals surface area contributed by atoms with Gasteiger partial charge in [0.1, 0.15) is 0 Å². The van der Waals surface area contributed by atoms with Gasteiger partial charge in [0.25, 0.3) is 0 Å². The van der Waals surface area contributed by atoms with Crippen LogP contribution in [0.1, 0.15) is 29.7 Å². The SMILES string of the molecule is Cc1ccc2nc3c(c(N)c2c1)CCCC3.O=C(O)/C=C/C(=O)O. The minimum atomic E-state index is -1.26. The van der Waals surface area contributed by atoms with Crippen LogP contribution in [0.2, 0.25) is 0 Å². The third-order valence-corrected chi connectivity index (χ3v) is 3.83. The first-order valence-corrected chi connectivity index (χ1v) is 7.70. The number of nitrogens with two attached hydrogens (primary N) is 1. The Morgan fingerprint density at radius 1 is 1.12 bits per heavy atom. The average molecular weight is 328 g/mol. The number of carboxylic acid groups (broad SMARTS) is 2. The van der Waals surface area contributed by atoms with Crippen molar-refractivity contribution in [2.24, 2.45) is 0 Å². The van der Waals surface area contributed by atoms with Gasteiger partial charge in [-0.2, -0.15) is 0 Å². The lowest BCUT2D eigenvalue weighted by Gasteiger charge is -2.18. The Kier molecular flexibility index (Phi) is 5.52. The molecular formula is C18H20N2O4. The van der Waals surface area contributed by atoms with Gasteiger partial charge in [-0.05, 0) is 50.3 Å². The number of fused-ring (bicyclic) bond motifs is 2. The van der Waals surface area contributed by atoms with Crippen molar-refractivity contribution >= 4 is 28.5 Å². The monoisotopic (exact) mass is 328 g/mol. The van der Waals surface area contributed by atoms with Crippen LogP contribution in [0, 0.1) is 6.92 Å². The highest BCUT2D eigenvalue weighted by Gasteiger charge is 2.16. The van der Waals surface area contributed by atoms with Crippen LogP contribution in [0.25, 0.3) is 10.9 Å². The van der Waals surface area contributed by atoms with Gasteiger partial charge in [-0.3, -0.25) is 4.98 Å². The second-order valence-corrected chi connectivity index (χ2v) is 5.69. The molecule has 2 aromatic rings. The van der Waals surface area contributed by atoms with Crippen LogP contribution < -0.4 is 5.73 Å². The zero-order valence-corrected chi connectivity index (χ0v) is 13.5. The minimum Gasteiger partial charge on any atom is -0.478 e. The van der Waals surface area contributed by atoms with Gasteiger partial charge in [0.05, 0.1) is 5.52 Å². The van der Waals surface area contributed by atoms with Crippen LogP contribution >= 0.6 is 0 Å². The standard InChI is InChI=1S/C14H16N2.C4H4O4/c1-9-6-7-13-11(8-9)14(15)10-4-2-3-5-12(10)16-13;5-3(6)1-2-4(7)8/h6-8H,2-5H2,1H3,(H2,15,16);1-2H,(H,5,6)(H,7,8)/b;2-1+. The zero-order chi connectivity index (χ0) is 17.7. The van der Waals surface area contributed by atoms with Crippen molar-refractivity contribution in [2.75, 3.05) is 5.73 Å². The lowest BCUT2D eigenvalue weighted by atomic mass is 9.92. The first-order valence-electron chi connectivity index (χ1n) is 7.70. The van der Waals surface area contributed by atoms with Crippen LogP contribution in [-0.2, 0) is 22.4 Å². The Morgan fingerprint density at radius 2 is 1.75 bits per heavy atom. The fourth-order valence-electron chi connectivity index (χ4n) is 2.72. The minimum absolute atomic E-state index is 0.558. The molecule has 6 heteroatoms. The van der Waals surface area contributed by atoms with E-state index in [2.05, 4.69) is 25.1 Å². The number of carboxylic acids is 2. The molecule has 126 valence electrons. The van der Waals surface area contributed by atoms with Gasteiger partial charge in [0.15, 0.2) is 0 Å². The molecule has 1 aromatic heterocycles. The molecule has 24 heavy (non-hydrogen) atoms. The van der Waals surface area contributed by atoms with Crippen molar-refractivity contribution in [3.05, 3.63) is 47.2 Å². The maximum atomic E-state index is 9.55. The molecule has 0 unspecified atom stereocenters. The van der Waals surface area contributed by atoms with E-state index in [9.17, 15) is 9.59 Å². The largest absolute Gasteiger partial charge is 0.478 e. The summed E-state index contributed by atoms with van der Waals surface area (Å²) < 4.78 is 0. The van der Waals surface area contributed by atoms with E-state index >= 15 is 0 Å². The molecule has 0 atom stereocenters. The fourth-order valence-corrected chi connectivity index (χ4v) is 2.72. The fraction of sp³-hybridized carbons (Fsp3) is 0.278. The maximum Gasteiger partial charge on any atom is 0.328 e. The molecule has 3 rings (SSSR count). The van der Waals surface area contributed by atoms with E-state index < -0.39 is 11.9 Å². The molecular weight excluding hydrogens is 308 g/mol. The van der Waals surface area contributed by atoms with Gasteiger partial charge in [0, 0.05) is 28.9 Å². The third kappa shape index (κ3) is 4.32. The molecule has 1 aliphatic carbocycles. The van der Waals surface area contributed by atoms with E-state index in [-0.39, 0.29) is 0 Å². The van der Waals surface area contributed by atoms with Gasteiger partial charge in [-0.25, -0.2) is 9.59 Å². The summed E-state index contributed by atoms with van der Waals surface area (Å²) >= 11 is 0. The molecule has 1 heterocycles. The zero-order valence-electron chi connectivity index (χ0n) is 13.5. The van der Waals surface area contributed by atoms with Gasteiger partial charge in [0.2, 0.25) is 0 Å². The predicted octanol–water partition coefficient (Wildman–Crippen LogP) is 2.72. The number of carbonyl (C=O) groups is 2. The summed E-state index contributed by atoms with van der Waals surface area (Å²) in [4.78, 5) is 23.8. The highest BCUT2D eigenvalue weighted by atomic mass is 16.4. The number of aryl methyl sites for hydroxylation is 2. The highest BCUT2D eigenvalue weighted by Crippen LogP contribution is 2.31. The molecule has 0 saturated heterocycles. The Bertz CT molecular complexity index is 796. The number of hydrogen-bond donors (Lipinski definition) is 3. The summed E-state index contributed by atoms with van der Waals surface area (Å²) in [5.74, 6) is -2.51. The molecule has 0 spiro atoms. The number of aliphatic carboxylic acids is 2. The number of nitrogens with zero attached hydrogens (tertiary/aromatic N) is 1. The van der Waals surface area contributed by atoms with Crippen molar-refractivity contribution in [2.45, 2.75) is 32.6 Å². The van der Waals surface area contributed by atoms with Crippen molar-refractivity contribution in [1.29, 1.82) is 0 Å². The number of hydrogen-bond acceptors (Lipinski definition) is 4. The van der Waals surface area contributed by atoms with Crippen LogP contribution in [-0.4, -0.2) is 27.1 Å². The topological polar surface area (TPSA) is 114 Å². The molecule has 4 N–H and O–H groups in total. The number of rotatable bonds is 2. The van der Waals surface area contributed by atoms with Crippen molar-refractivity contribution in [3.8, 4) is 0 Å². The number of pyridine rings is 1. The lowest BCUT2D eigenvalue weighted by Crippen LogP contribution is -2.09. The third-order valence-electron chi connectivity index (χ3n) is 3.83. The molecule has 0 amide bonds. The predicted molar refractivity (Wildman–Crippen MR) is 91.9 cm³/mol. The van der Waals surface area contributed by atoms with Crippen molar-refractivity contribution < 1.29 is 19.8 Å². The van der Waals surface area contributed by atoms with Gasteiger partial charge in [-0.1, -0.05) is 11.6 Å². The molecule has 1 aliphatic rings. The number of nitrogen functional groups attached to an aromatic ring is 1. The lowest BCUT2D eigenvalue weighted by molar-refractivity contribution is -0.134.